The van der Waals surface area contributed by atoms with E-state index in [0.717, 1.165) is 6.07 Å². The first kappa shape index (κ1) is 35.9. The molecule has 0 amide bonds. The lowest BCUT2D eigenvalue weighted by Gasteiger charge is -2.23. The third kappa shape index (κ3) is 5.54. The first-order chi connectivity index (χ1) is 28.5. The highest BCUT2D eigenvalue weighted by Gasteiger charge is 2.39. The largest absolute Gasteiger partial charge is 0.417 e. The summed E-state index contributed by atoms with van der Waals surface area (Å²) in [6.45, 7) is 0. The monoisotopic (exact) mass is 798 g/mol. The van der Waals surface area contributed by atoms with Gasteiger partial charge in [-0.15, -0.1) is 0 Å². The lowest BCUT2D eigenvalue weighted by Crippen LogP contribution is -2.14. The van der Waals surface area contributed by atoms with Gasteiger partial charge in [-0.05, 0) is 48.5 Å². The molecule has 0 radical (unpaired) electrons. The van der Waals surface area contributed by atoms with Crippen molar-refractivity contribution >= 4 is 43.6 Å². The zero-order chi connectivity index (χ0) is 40.7. The lowest BCUT2D eigenvalue weighted by atomic mass is 9.95. The van der Waals surface area contributed by atoms with Gasteiger partial charge in [-0.2, -0.15) is 13.2 Å². The van der Waals surface area contributed by atoms with Crippen molar-refractivity contribution in [2.45, 2.75) is 6.18 Å². The minimum atomic E-state index is -5.37. The number of alkyl halides is 3. The Labute approximate surface area is 327 Å². The van der Waals surface area contributed by atoms with Crippen LogP contribution in [0, 0.1) is 29.1 Å². The molecule has 6 aromatic carbocycles. The van der Waals surface area contributed by atoms with Crippen molar-refractivity contribution < 1.29 is 35.1 Å². The molecule has 10 aromatic rings. The van der Waals surface area contributed by atoms with Crippen molar-refractivity contribution in [3.63, 3.8) is 0 Å². The minimum absolute atomic E-state index is 0.0849. The van der Waals surface area contributed by atoms with Gasteiger partial charge in [-0.25, -0.2) is 41.9 Å². The molecule has 10 rings (SSSR count). The van der Waals surface area contributed by atoms with E-state index in [1.807, 2.05) is 0 Å². The molecule has 0 aliphatic rings. The van der Waals surface area contributed by atoms with Gasteiger partial charge in [-0.1, -0.05) is 60.7 Å². The van der Waals surface area contributed by atoms with Gasteiger partial charge in [0, 0.05) is 63.0 Å². The third-order valence-corrected chi connectivity index (χ3v) is 10.4. The van der Waals surface area contributed by atoms with Crippen LogP contribution < -0.4 is 0 Å². The number of rotatable bonds is 5. The second kappa shape index (κ2) is 13.3. The second-order valence-electron chi connectivity index (χ2n) is 13.6. The number of hydrogen-bond donors (Lipinski definition) is 0. The van der Waals surface area contributed by atoms with Gasteiger partial charge in [0.05, 0.1) is 44.6 Å². The van der Waals surface area contributed by atoms with Gasteiger partial charge in [0.25, 0.3) is 0 Å². The summed E-state index contributed by atoms with van der Waals surface area (Å²) >= 11 is 0. The highest BCUT2D eigenvalue weighted by molar-refractivity contribution is 6.12. The normalized spacial score (nSPS) is 12.1. The summed E-state index contributed by atoms with van der Waals surface area (Å²) < 4.78 is 125. The average Bonchev–Trinajstić information content (AvgIpc) is 3.77. The van der Waals surface area contributed by atoms with Crippen LogP contribution in [0.15, 0.2) is 134 Å². The van der Waals surface area contributed by atoms with Crippen molar-refractivity contribution in [3.05, 3.63) is 169 Å². The van der Waals surface area contributed by atoms with E-state index in [4.69, 9.17) is 0 Å². The number of benzene rings is 6. The van der Waals surface area contributed by atoms with Crippen molar-refractivity contribution in [3.8, 4) is 45.3 Å². The molecular weight excluding hydrogens is 777 g/mol. The summed E-state index contributed by atoms with van der Waals surface area (Å²) in [5, 5.41) is 2.57. The molecule has 4 heterocycles. The Balaban J connectivity index is 1.42. The summed E-state index contributed by atoms with van der Waals surface area (Å²) in [6.07, 6.45) is 0.811. The van der Waals surface area contributed by atoms with Gasteiger partial charge in [0.15, 0.2) is 34.9 Å². The molecule has 0 saturated carbocycles. The highest BCUT2D eigenvalue weighted by atomic mass is 19.4. The van der Waals surface area contributed by atoms with Crippen LogP contribution in [-0.2, 0) is 6.18 Å². The van der Waals surface area contributed by atoms with Gasteiger partial charge in [0.1, 0.15) is 0 Å². The van der Waals surface area contributed by atoms with Crippen LogP contribution in [0.1, 0.15) is 5.56 Å². The Morgan fingerprint density at radius 3 is 1.27 bits per heavy atom. The molecule has 6 nitrogen and oxygen atoms in total. The fourth-order valence-electron chi connectivity index (χ4n) is 7.85. The van der Waals surface area contributed by atoms with Crippen LogP contribution in [0.25, 0.3) is 88.9 Å². The van der Waals surface area contributed by atoms with Crippen LogP contribution in [0.4, 0.5) is 35.1 Å². The van der Waals surface area contributed by atoms with E-state index in [-0.39, 0.29) is 11.4 Å². The summed E-state index contributed by atoms with van der Waals surface area (Å²) in [4.78, 5) is 17.4. The highest BCUT2D eigenvalue weighted by Crippen LogP contribution is 2.47. The third-order valence-electron chi connectivity index (χ3n) is 10.4. The first-order valence-corrected chi connectivity index (χ1v) is 17.9. The smallest absolute Gasteiger partial charge is 0.307 e. The molecule has 0 fully saturated rings. The van der Waals surface area contributed by atoms with Crippen LogP contribution in [0.5, 0.6) is 0 Å². The maximum absolute atomic E-state index is 15.7. The quantitative estimate of drug-likeness (QED) is 0.0988. The van der Waals surface area contributed by atoms with Crippen molar-refractivity contribution in [2.75, 3.05) is 0 Å². The molecule has 0 aliphatic carbocycles. The number of nitrogens with zero attached hydrogens (tertiary/aromatic N) is 6. The number of halogens is 8. The molecule has 59 heavy (non-hydrogen) atoms. The first-order valence-electron chi connectivity index (χ1n) is 17.9. The van der Waals surface area contributed by atoms with E-state index >= 15 is 22.0 Å². The van der Waals surface area contributed by atoms with Gasteiger partial charge in [-0.3, -0.25) is 0 Å². The van der Waals surface area contributed by atoms with Crippen LogP contribution in [-0.4, -0.2) is 29.1 Å². The summed E-state index contributed by atoms with van der Waals surface area (Å²) in [5.74, 6) is -11.4. The van der Waals surface area contributed by atoms with Gasteiger partial charge < -0.3 is 9.13 Å². The maximum Gasteiger partial charge on any atom is 0.417 e. The Morgan fingerprint density at radius 1 is 0.407 bits per heavy atom. The summed E-state index contributed by atoms with van der Waals surface area (Å²) in [7, 11) is 0. The number of hydrogen-bond acceptors (Lipinski definition) is 4. The van der Waals surface area contributed by atoms with E-state index in [1.165, 1.54) is 0 Å². The predicted octanol–water partition coefficient (Wildman–Crippen LogP) is 12.2. The zero-order valence-corrected chi connectivity index (χ0v) is 29.9. The summed E-state index contributed by atoms with van der Waals surface area (Å²) in [5.41, 5.74) is -2.07. The molecule has 0 N–H and O–H groups in total. The van der Waals surface area contributed by atoms with E-state index in [9.17, 15) is 13.2 Å². The van der Waals surface area contributed by atoms with E-state index in [2.05, 4.69) is 19.9 Å². The molecule has 0 atom stereocenters. The SMILES string of the molecule is Fc1c(F)c(F)c(-c2cc(-n3c4ccccc4c4ccc(-c5ncccn5)cc43)c(-n3c4ccccc4c4ccc(-c5ncccn5)cc43)cc2C(F)(F)F)c(F)c1F. The molecule has 0 unspecified atom stereocenters. The molecular formula is C45H22F8N6. The lowest BCUT2D eigenvalue weighted by molar-refractivity contribution is -0.137. The van der Waals surface area contributed by atoms with E-state index in [0.29, 0.717) is 72.5 Å². The Hall–Kier alpha value is -7.48. The average molecular weight is 799 g/mol. The molecule has 4 aromatic heterocycles. The molecule has 14 heteroatoms. The predicted molar refractivity (Wildman–Crippen MR) is 207 cm³/mol. The van der Waals surface area contributed by atoms with Gasteiger partial charge >= 0.3 is 6.18 Å². The zero-order valence-electron chi connectivity index (χ0n) is 29.9. The summed E-state index contributed by atoms with van der Waals surface area (Å²) in [6, 6.07) is 29.4. The van der Waals surface area contributed by atoms with E-state index < -0.39 is 52.0 Å². The Bertz CT molecular complexity index is 3290. The fraction of sp³-hybridized carbons (Fsp3) is 0.0222. The molecule has 288 valence electrons. The van der Waals surface area contributed by atoms with Crippen LogP contribution >= 0.6 is 0 Å². The fourth-order valence-corrected chi connectivity index (χ4v) is 7.85. The van der Waals surface area contributed by atoms with Crippen LogP contribution in [0.3, 0.4) is 0 Å². The van der Waals surface area contributed by atoms with Crippen molar-refractivity contribution in [1.82, 2.24) is 29.1 Å². The minimum Gasteiger partial charge on any atom is -0.307 e. The number of fused-ring (bicyclic) bond motifs is 6. The van der Waals surface area contributed by atoms with Crippen molar-refractivity contribution in [2.24, 2.45) is 0 Å². The molecule has 0 bridgehead atoms. The number of para-hydroxylation sites is 2. The van der Waals surface area contributed by atoms with Crippen molar-refractivity contribution in [1.29, 1.82) is 0 Å². The Morgan fingerprint density at radius 2 is 0.814 bits per heavy atom. The van der Waals surface area contributed by atoms with E-state index in [1.54, 1.807) is 131 Å². The molecule has 0 aliphatic heterocycles. The number of aromatic nitrogens is 6. The topological polar surface area (TPSA) is 61.4 Å². The standard InChI is InChI=1S/C45H22F8N6/c46-38-37(39(47)41(49)42(50)40(38)48)29-21-35(58-31-9-3-1-7-25(31)27-13-11-23(19-33(27)58)43-54-15-5-16-55-43)36(22-30(29)45(51,52)53)59-32-10-4-2-8-26(32)28-14-12-24(20-34(28)59)44-56-17-6-18-57-44/h1-22H. The van der Waals surface area contributed by atoms with Gasteiger partial charge in [0.2, 0.25) is 5.82 Å². The van der Waals surface area contributed by atoms with Crippen LogP contribution in [0.2, 0.25) is 0 Å². The molecule has 0 saturated heterocycles. The maximum atomic E-state index is 15.7. The Kier molecular flexibility index (Phi) is 8.09. The second-order valence-corrected chi connectivity index (χ2v) is 13.6. The molecule has 0 spiro atoms.